The van der Waals surface area contributed by atoms with Crippen molar-refractivity contribution in [2.75, 3.05) is 0 Å². The van der Waals surface area contributed by atoms with E-state index >= 15 is 0 Å². The van der Waals surface area contributed by atoms with Crippen molar-refractivity contribution in [2.45, 2.75) is 0 Å². The summed E-state index contributed by atoms with van der Waals surface area (Å²) in [6, 6.07) is 5.43. The Balaban J connectivity index is 2.95. The van der Waals surface area contributed by atoms with E-state index in [0.717, 1.165) is 3.57 Å². The number of nitrogens with one attached hydrogen (secondary N) is 1. The minimum Gasteiger partial charge on any atom is -0.297 e. The number of nitrogens with zero attached hydrogens (tertiary/aromatic N) is 1. The minimum absolute atomic E-state index is 0.124. The van der Waals surface area contributed by atoms with Gasteiger partial charge in [-0.1, -0.05) is 0 Å². The van der Waals surface area contributed by atoms with E-state index in [4.69, 9.17) is 11.6 Å². The quantitative estimate of drug-likeness (QED) is 0.599. The number of hydrogen-bond donors (Lipinski definition) is 1. The van der Waals surface area contributed by atoms with Crippen LogP contribution in [0.1, 0.15) is 0 Å². The lowest BCUT2D eigenvalue weighted by atomic mass is 10.2. The summed E-state index contributed by atoms with van der Waals surface area (Å²) < 4.78 is 1.000. The molecule has 0 atom stereocenters. The smallest absolute Gasteiger partial charge is 0.259 e. The van der Waals surface area contributed by atoms with Crippen LogP contribution < -0.4 is 5.56 Å². The number of rotatable bonds is 0. The van der Waals surface area contributed by atoms with Crippen molar-refractivity contribution in [2.24, 2.45) is 0 Å². The second kappa shape index (κ2) is 3.26. The van der Waals surface area contributed by atoms with Crippen LogP contribution in [0.5, 0.6) is 0 Å². The van der Waals surface area contributed by atoms with Gasteiger partial charge in [-0.2, -0.15) is 0 Å². The van der Waals surface area contributed by atoms with Crippen LogP contribution in [0, 0.1) is 3.57 Å². The molecular weight excluding hydrogens is 302 g/mol. The lowest BCUT2D eigenvalue weighted by molar-refractivity contribution is 1.17. The van der Waals surface area contributed by atoms with Gasteiger partial charge in [-0.15, -0.1) is 0 Å². The summed E-state index contributed by atoms with van der Waals surface area (Å²) >= 11 is 7.73. The molecule has 0 spiro atoms. The Labute approximate surface area is 92.3 Å². The summed E-state index contributed by atoms with van der Waals surface area (Å²) in [7, 11) is 0. The molecule has 2 aromatic rings. The third kappa shape index (κ3) is 1.68. The van der Waals surface area contributed by atoms with Crippen molar-refractivity contribution >= 4 is 45.1 Å². The molecule has 1 aromatic heterocycles. The molecule has 3 nitrogen and oxygen atoms in total. The number of halogens is 2. The van der Waals surface area contributed by atoms with Gasteiger partial charge in [0.15, 0.2) is 0 Å². The maximum Gasteiger partial charge on any atom is 0.259 e. The van der Waals surface area contributed by atoms with Crippen molar-refractivity contribution in [1.82, 2.24) is 9.97 Å². The Morgan fingerprint density at radius 3 is 3.00 bits per heavy atom. The SMILES string of the molecule is O=c1[nH]c(Cl)nc2ccc(I)cc12. The van der Waals surface area contributed by atoms with Crippen LogP contribution in [0.15, 0.2) is 23.0 Å². The van der Waals surface area contributed by atoms with Crippen molar-refractivity contribution < 1.29 is 0 Å². The molecular formula is C8H4ClIN2O. The molecule has 66 valence electrons. The Bertz CT molecular complexity index is 523. The van der Waals surface area contributed by atoms with Crippen LogP contribution in [0.3, 0.4) is 0 Å². The van der Waals surface area contributed by atoms with E-state index in [1.165, 1.54) is 0 Å². The molecule has 0 aliphatic heterocycles. The monoisotopic (exact) mass is 306 g/mol. The van der Waals surface area contributed by atoms with Crippen molar-refractivity contribution in [3.8, 4) is 0 Å². The molecule has 1 N–H and O–H groups in total. The lowest BCUT2D eigenvalue weighted by Gasteiger charge is -1.96. The summed E-state index contributed by atoms with van der Waals surface area (Å²) in [6.07, 6.45) is 0. The second-order valence-electron chi connectivity index (χ2n) is 2.52. The van der Waals surface area contributed by atoms with E-state index in [0.29, 0.717) is 10.9 Å². The molecule has 5 heteroatoms. The van der Waals surface area contributed by atoms with Crippen LogP contribution >= 0.6 is 34.2 Å². The summed E-state index contributed by atoms with van der Waals surface area (Å²) in [5, 5.41) is 0.690. The van der Waals surface area contributed by atoms with E-state index in [1.54, 1.807) is 12.1 Å². The van der Waals surface area contributed by atoms with Gasteiger partial charge in [0.2, 0.25) is 5.28 Å². The average Bonchev–Trinajstić information content (AvgIpc) is 2.06. The molecule has 1 heterocycles. The predicted octanol–water partition coefficient (Wildman–Crippen LogP) is 2.18. The highest BCUT2D eigenvalue weighted by Crippen LogP contribution is 2.12. The molecule has 1 aromatic carbocycles. The number of aromatic nitrogens is 2. The Morgan fingerprint density at radius 2 is 2.23 bits per heavy atom. The second-order valence-corrected chi connectivity index (χ2v) is 4.12. The van der Waals surface area contributed by atoms with Crippen LogP contribution in [0.2, 0.25) is 5.28 Å². The normalized spacial score (nSPS) is 10.6. The zero-order chi connectivity index (χ0) is 9.42. The molecule has 13 heavy (non-hydrogen) atoms. The van der Waals surface area contributed by atoms with Gasteiger partial charge in [-0.25, -0.2) is 4.98 Å². The zero-order valence-corrected chi connectivity index (χ0v) is 9.26. The molecule has 0 saturated heterocycles. The van der Waals surface area contributed by atoms with E-state index in [-0.39, 0.29) is 10.8 Å². The summed E-state index contributed by atoms with van der Waals surface area (Å²) in [6.45, 7) is 0. The van der Waals surface area contributed by atoms with Gasteiger partial charge < -0.3 is 0 Å². The molecule has 0 amide bonds. The van der Waals surface area contributed by atoms with Gasteiger partial charge in [-0.05, 0) is 52.4 Å². The molecule has 0 aliphatic rings. The Kier molecular flexibility index (Phi) is 2.25. The fourth-order valence-corrected chi connectivity index (χ4v) is 1.75. The number of aromatic amines is 1. The number of H-pyrrole nitrogens is 1. The van der Waals surface area contributed by atoms with E-state index in [1.807, 2.05) is 6.07 Å². The highest BCUT2D eigenvalue weighted by Gasteiger charge is 2.01. The maximum absolute atomic E-state index is 11.4. The first-order valence-corrected chi connectivity index (χ1v) is 4.97. The molecule has 0 radical (unpaired) electrons. The number of hydrogen-bond acceptors (Lipinski definition) is 2. The fourth-order valence-electron chi connectivity index (χ4n) is 1.08. The van der Waals surface area contributed by atoms with Gasteiger partial charge in [0, 0.05) is 3.57 Å². The van der Waals surface area contributed by atoms with Gasteiger partial charge in [0.25, 0.3) is 5.56 Å². The molecule has 0 unspecified atom stereocenters. The van der Waals surface area contributed by atoms with Gasteiger partial charge >= 0.3 is 0 Å². The van der Waals surface area contributed by atoms with Crippen LogP contribution in [-0.2, 0) is 0 Å². The van der Waals surface area contributed by atoms with Gasteiger partial charge in [0.1, 0.15) is 0 Å². The van der Waals surface area contributed by atoms with Crippen molar-refractivity contribution in [3.05, 3.63) is 37.4 Å². The van der Waals surface area contributed by atoms with E-state index in [2.05, 4.69) is 32.6 Å². The zero-order valence-electron chi connectivity index (χ0n) is 6.34. The highest BCUT2D eigenvalue weighted by molar-refractivity contribution is 14.1. The molecule has 0 aliphatic carbocycles. The molecule has 0 saturated carbocycles. The van der Waals surface area contributed by atoms with Crippen LogP contribution in [-0.4, -0.2) is 9.97 Å². The van der Waals surface area contributed by atoms with E-state index in [9.17, 15) is 4.79 Å². The largest absolute Gasteiger partial charge is 0.297 e. The first-order valence-electron chi connectivity index (χ1n) is 3.52. The maximum atomic E-state index is 11.4. The first kappa shape index (κ1) is 8.96. The topological polar surface area (TPSA) is 45.8 Å². The number of fused-ring (bicyclic) bond motifs is 1. The predicted molar refractivity (Wildman–Crippen MR) is 60.1 cm³/mol. The van der Waals surface area contributed by atoms with Gasteiger partial charge in [0.05, 0.1) is 10.9 Å². The van der Waals surface area contributed by atoms with Crippen LogP contribution in [0.25, 0.3) is 10.9 Å². The first-order chi connectivity index (χ1) is 6.16. The number of benzene rings is 1. The Hall–Kier alpha value is -0.620. The minimum atomic E-state index is -0.200. The third-order valence-electron chi connectivity index (χ3n) is 1.64. The van der Waals surface area contributed by atoms with E-state index < -0.39 is 0 Å². The highest BCUT2D eigenvalue weighted by atomic mass is 127. The lowest BCUT2D eigenvalue weighted by Crippen LogP contribution is -2.07. The average molecular weight is 306 g/mol. The van der Waals surface area contributed by atoms with Gasteiger partial charge in [-0.3, -0.25) is 9.78 Å². The van der Waals surface area contributed by atoms with Crippen molar-refractivity contribution in [1.29, 1.82) is 0 Å². The summed E-state index contributed by atoms with van der Waals surface area (Å²) in [5.74, 6) is 0. The Morgan fingerprint density at radius 1 is 1.46 bits per heavy atom. The molecule has 0 fully saturated rings. The summed E-state index contributed by atoms with van der Waals surface area (Å²) in [4.78, 5) is 17.8. The molecule has 2 rings (SSSR count). The molecule has 0 bridgehead atoms. The summed E-state index contributed by atoms with van der Waals surface area (Å²) in [5.41, 5.74) is 0.419. The van der Waals surface area contributed by atoms with Crippen LogP contribution in [0.4, 0.5) is 0 Å². The van der Waals surface area contributed by atoms with Crippen molar-refractivity contribution in [3.63, 3.8) is 0 Å². The third-order valence-corrected chi connectivity index (χ3v) is 2.49. The fraction of sp³-hybridized carbons (Fsp3) is 0. The standard InChI is InChI=1S/C8H4ClIN2O/c9-8-11-6-2-1-4(10)3-5(6)7(13)12-8/h1-3H,(H,11,12,13).